The van der Waals surface area contributed by atoms with E-state index in [-0.39, 0.29) is 11.8 Å². The zero-order valence-corrected chi connectivity index (χ0v) is 17.2. The van der Waals surface area contributed by atoms with E-state index in [1.54, 1.807) is 0 Å². The van der Waals surface area contributed by atoms with Crippen molar-refractivity contribution in [1.29, 1.82) is 0 Å². The van der Waals surface area contributed by atoms with Gasteiger partial charge in [0.05, 0.1) is 27.9 Å². The zero-order chi connectivity index (χ0) is 20.3. The van der Waals surface area contributed by atoms with Crippen LogP contribution in [0, 0.1) is 13.8 Å². The molecule has 0 N–H and O–H groups in total. The fraction of sp³-hybridized carbons (Fsp3) is 0.318. The first-order chi connectivity index (χ1) is 14.0. The molecule has 0 fully saturated rings. The third kappa shape index (κ3) is 2.61. The van der Waals surface area contributed by atoms with Crippen LogP contribution >= 0.6 is 0 Å². The molecule has 0 aliphatic rings. The van der Waals surface area contributed by atoms with E-state index in [4.69, 9.17) is 15.1 Å². The molecule has 0 aliphatic carbocycles. The minimum Gasteiger partial charge on any atom is -0.331 e. The highest BCUT2D eigenvalue weighted by atomic mass is 15.3. The van der Waals surface area contributed by atoms with Crippen molar-refractivity contribution in [1.82, 2.24) is 34.1 Å². The number of aryl methyl sites for hydroxylation is 3. The van der Waals surface area contributed by atoms with Crippen LogP contribution in [0.5, 0.6) is 0 Å². The molecule has 2 atom stereocenters. The van der Waals surface area contributed by atoms with E-state index >= 15 is 0 Å². The van der Waals surface area contributed by atoms with Crippen LogP contribution in [0.3, 0.4) is 0 Å². The van der Waals surface area contributed by atoms with Crippen molar-refractivity contribution in [3.8, 4) is 0 Å². The Morgan fingerprint density at radius 1 is 0.966 bits per heavy atom. The molecule has 7 heteroatoms. The summed E-state index contributed by atoms with van der Waals surface area (Å²) in [4.78, 5) is 18.7. The summed E-state index contributed by atoms with van der Waals surface area (Å²) < 4.78 is 4.06. The molecule has 0 saturated carbocycles. The van der Waals surface area contributed by atoms with Crippen LogP contribution in [0.25, 0.3) is 27.6 Å². The van der Waals surface area contributed by atoms with Crippen molar-refractivity contribution in [3.05, 3.63) is 59.7 Å². The first-order valence-corrected chi connectivity index (χ1v) is 9.84. The van der Waals surface area contributed by atoms with E-state index in [0.29, 0.717) is 0 Å². The van der Waals surface area contributed by atoms with E-state index in [1.807, 2.05) is 36.8 Å². The van der Waals surface area contributed by atoms with Gasteiger partial charge in [-0.3, -0.25) is 9.97 Å². The van der Waals surface area contributed by atoms with E-state index in [2.05, 4.69) is 53.6 Å². The normalized spacial score (nSPS) is 14.1. The molecule has 0 bridgehead atoms. The second kappa shape index (κ2) is 6.34. The van der Waals surface area contributed by atoms with Crippen molar-refractivity contribution in [2.24, 2.45) is 7.05 Å². The molecule has 0 aliphatic heterocycles. The van der Waals surface area contributed by atoms with Crippen molar-refractivity contribution in [3.63, 3.8) is 0 Å². The highest BCUT2D eigenvalue weighted by Gasteiger charge is 2.26. The first kappa shape index (κ1) is 17.7. The third-order valence-corrected chi connectivity index (χ3v) is 5.96. The quantitative estimate of drug-likeness (QED) is 0.468. The third-order valence-electron chi connectivity index (χ3n) is 5.96. The van der Waals surface area contributed by atoms with Crippen LogP contribution in [0.2, 0.25) is 0 Å². The van der Waals surface area contributed by atoms with E-state index in [0.717, 1.165) is 50.6 Å². The number of imidazole rings is 1. The fourth-order valence-corrected chi connectivity index (χ4v) is 3.98. The molecule has 146 valence electrons. The van der Waals surface area contributed by atoms with E-state index in [1.165, 1.54) is 0 Å². The molecule has 4 aromatic heterocycles. The molecule has 29 heavy (non-hydrogen) atoms. The Morgan fingerprint density at radius 2 is 1.79 bits per heavy atom. The fourth-order valence-electron chi connectivity index (χ4n) is 3.98. The first-order valence-electron chi connectivity index (χ1n) is 9.84. The lowest BCUT2D eigenvalue weighted by Gasteiger charge is -2.16. The molecular formula is C22H23N7. The molecule has 0 unspecified atom stereocenters. The summed E-state index contributed by atoms with van der Waals surface area (Å²) in [5.41, 5.74) is 5.75. The van der Waals surface area contributed by atoms with Gasteiger partial charge in [0.15, 0.2) is 11.5 Å². The Bertz CT molecular complexity index is 1340. The van der Waals surface area contributed by atoms with Gasteiger partial charge < -0.3 is 4.57 Å². The van der Waals surface area contributed by atoms with Crippen LogP contribution in [-0.4, -0.2) is 34.1 Å². The van der Waals surface area contributed by atoms with Crippen molar-refractivity contribution >= 4 is 27.6 Å². The van der Waals surface area contributed by atoms with E-state index in [9.17, 15) is 0 Å². The van der Waals surface area contributed by atoms with Crippen molar-refractivity contribution in [2.75, 3.05) is 0 Å². The monoisotopic (exact) mass is 385 g/mol. The van der Waals surface area contributed by atoms with Gasteiger partial charge in [0.25, 0.3) is 0 Å². The van der Waals surface area contributed by atoms with Crippen LogP contribution in [0.4, 0.5) is 0 Å². The Morgan fingerprint density at radius 3 is 2.59 bits per heavy atom. The lowest BCUT2D eigenvalue weighted by atomic mass is 9.94. The summed E-state index contributed by atoms with van der Waals surface area (Å²) >= 11 is 0. The Balaban J connectivity index is 1.61. The molecule has 0 amide bonds. The number of hydrogen-bond donors (Lipinski definition) is 0. The highest BCUT2D eigenvalue weighted by molar-refractivity contribution is 6.02. The topological polar surface area (TPSA) is 73.8 Å². The predicted molar refractivity (Wildman–Crippen MR) is 113 cm³/mol. The Kier molecular flexibility index (Phi) is 3.87. The Labute approximate surface area is 168 Å². The molecule has 0 radical (unpaired) electrons. The van der Waals surface area contributed by atoms with Crippen LogP contribution < -0.4 is 0 Å². The molecule has 5 aromatic rings. The van der Waals surface area contributed by atoms with Crippen LogP contribution in [0.15, 0.2) is 36.7 Å². The summed E-state index contributed by atoms with van der Waals surface area (Å²) in [5, 5.41) is 5.85. The minimum absolute atomic E-state index is 0.105. The number of nitrogens with zero attached hydrogens (tertiary/aromatic N) is 7. The van der Waals surface area contributed by atoms with Gasteiger partial charge in [-0.25, -0.2) is 14.5 Å². The van der Waals surface area contributed by atoms with Crippen LogP contribution in [-0.2, 0) is 7.05 Å². The summed E-state index contributed by atoms with van der Waals surface area (Å²) in [5.74, 6) is 2.09. The largest absolute Gasteiger partial charge is 0.331 e. The average molecular weight is 385 g/mol. The molecule has 0 spiro atoms. The Hall–Kier alpha value is -3.35. The van der Waals surface area contributed by atoms with Crippen molar-refractivity contribution < 1.29 is 0 Å². The van der Waals surface area contributed by atoms with Gasteiger partial charge >= 0.3 is 0 Å². The second-order valence-corrected chi connectivity index (χ2v) is 7.80. The minimum atomic E-state index is 0.105. The highest BCUT2D eigenvalue weighted by Crippen LogP contribution is 2.33. The average Bonchev–Trinajstić information content (AvgIpc) is 3.33. The smallest absolute Gasteiger partial charge is 0.177 e. The standard InChI is InChI=1S/C22H23N7/c1-12-11-24-15(4)22-26-20(27-29(12)22)13(2)14(3)21-25-19-16-7-6-10-23-17(16)8-9-18(19)28(21)5/h6-11,13-14H,1-5H3/t13-,14-/m1/s1. The number of fused-ring (bicyclic) bond motifs is 4. The summed E-state index contributed by atoms with van der Waals surface area (Å²) in [6.07, 6.45) is 3.65. The molecule has 0 saturated heterocycles. The number of benzene rings is 1. The molecule has 1 aromatic carbocycles. The van der Waals surface area contributed by atoms with Gasteiger partial charge in [-0.2, -0.15) is 5.10 Å². The molecule has 7 nitrogen and oxygen atoms in total. The SMILES string of the molecule is Cc1ncc(C)n2nc([C@H](C)[C@@H](C)c3nc4c5cccnc5ccc4n3C)nc12. The maximum Gasteiger partial charge on any atom is 0.177 e. The summed E-state index contributed by atoms with van der Waals surface area (Å²) in [7, 11) is 2.07. The number of aromatic nitrogens is 7. The molecular weight excluding hydrogens is 362 g/mol. The van der Waals surface area contributed by atoms with Gasteiger partial charge in [-0.1, -0.05) is 13.8 Å². The maximum atomic E-state index is 5.02. The van der Waals surface area contributed by atoms with Gasteiger partial charge in [-0.05, 0) is 38.1 Å². The number of pyridine rings is 1. The summed E-state index contributed by atoms with van der Waals surface area (Å²) in [6, 6.07) is 8.19. The maximum absolute atomic E-state index is 5.02. The van der Waals surface area contributed by atoms with Gasteiger partial charge in [0.1, 0.15) is 5.82 Å². The molecule has 4 heterocycles. The predicted octanol–water partition coefficient (Wildman–Crippen LogP) is 4.08. The second-order valence-electron chi connectivity index (χ2n) is 7.80. The molecule has 5 rings (SSSR count). The zero-order valence-electron chi connectivity index (χ0n) is 17.2. The number of hydrogen-bond acceptors (Lipinski definition) is 5. The summed E-state index contributed by atoms with van der Waals surface area (Å²) in [6.45, 7) is 8.31. The van der Waals surface area contributed by atoms with Gasteiger partial charge in [0.2, 0.25) is 0 Å². The lowest BCUT2D eigenvalue weighted by Crippen LogP contribution is -2.11. The van der Waals surface area contributed by atoms with Crippen LogP contribution in [0.1, 0.15) is 48.7 Å². The van der Waals surface area contributed by atoms with E-state index < -0.39 is 0 Å². The van der Waals surface area contributed by atoms with Gasteiger partial charge in [-0.15, -0.1) is 0 Å². The lowest BCUT2D eigenvalue weighted by molar-refractivity contribution is 0.547. The van der Waals surface area contributed by atoms with Gasteiger partial charge in [0, 0.05) is 36.7 Å². The van der Waals surface area contributed by atoms with Crippen molar-refractivity contribution in [2.45, 2.75) is 39.5 Å². The number of rotatable bonds is 3.